The normalized spacial score (nSPS) is 15.0. The highest BCUT2D eigenvalue weighted by Crippen LogP contribution is 2.23. The number of aromatic amines is 1. The summed E-state index contributed by atoms with van der Waals surface area (Å²) >= 11 is 0. The summed E-state index contributed by atoms with van der Waals surface area (Å²) in [6.07, 6.45) is 4.33. The minimum atomic E-state index is -0.131. The fourth-order valence-corrected chi connectivity index (χ4v) is 3.13. The third-order valence-corrected chi connectivity index (χ3v) is 4.24. The first-order valence-corrected chi connectivity index (χ1v) is 7.92. The Hall–Kier alpha value is -2.56. The second-order valence-electron chi connectivity index (χ2n) is 5.78. The molecule has 0 aliphatic carbocycles. The summed E-state index contributed by atoms with van der Waals surface area (Å²) in [4.78, 5) is 28.1. The molecule has 2 heterocycles. The number of allylic oxidation sites excluding steroid dienone is 1. The summed E-state index contributed by atoms with van der Waals surface area (Å²) in [6, 6.07) is 7.98. The molecule has 0 spiro atoms. The number of benzene rings is 1. The average molecular weight is 311 g/mol. The Balaban J connectivity index is 1.83. The van der Waals surface area contributed by atoms with Crippen LogP contribution < -0.4 is 0 Å². The molecule has 120 valence electrons. The lowest BCUT2D eigenvalue weighted by molar-refractivity contribution is -0.154. The SMILES string of the molecule is CC=CC(=O)N1CCCN1C(=O)Cc1c(C)[nH]c2ccccc12. The van der Waals surface area contributed by atoms with Gasteiger partial charge in [0.15, 0.2) is 0 Å². The maximum Gasteiger partial charge on any atom is 0.264 e. The van der Waals surface area contributed by atoms with Gasteiger partial charge in [-0.1, -0.05) is 24.3 Å². The van der Waals surface area contributed by atoms with Crippen LogP contribution in [0.3, 0.4) is 0 Å². The lowest BCUT2D eigenvalue weighted by Crippen LogP contribution is -2.44. The highest BCUT2D eigenvalue weighted by Gasteiger charge is 2.30. The highest BCUT2D eigenvalue weighted by molar-refractivity contribution is 5.93. The van der Waals surface area contributed by atoms with Gasteiger partial charge in [0.25, 0.3) is 5.91 Å². The number of hydrazine groups is 1. The van der Waals surface area contributed by atoms with Crippen LogP contribution in [-0.2, 0) is 16.0 Å². The number of nitrogens with zero attached hydrogens (tertiary/aromatic N) is 2. The summed E-state index contributed by atoms with van der Waals surface area (Å²) in [5.74, 6) is -0.165. The Morgan fingerprint density at radius 3 is 2.74 bits per heavy atom. The lowest BCUT2D eigenvalue weighted by atomic mass is 10.1. The van der Waals surface area contributed by atoms with Crippen molar-refractivity contribution in [3.05, 3.63) is 47.7 Å². The van der Waals surface area contributed by atoms with E-state index in [0.717, 1.165) is 28.6 Å². The van der Waals surface area contributed by atoms with E-state index in [1.165, 1.54) is 6.08 Å². The molecule has 2 aromatic rings. The molecule has 1 aromatic carbocycles. The molecule has 0 atom stereocenters. The van der Waals surface area contributed by atoms with Gasteiger partial charge in [0.05, 0.1) is 6.42 Å². The summed E-state index contributed by atoms with van der Waals surface area (Å²) in [7, 11) is 0. The largest absolute Gasteiger partial charge is 0.358 e. The van der Waals surface area contributed by atoms with Crippen LogP contribution in [0, 0.1) is 6.92 Å². The zero-order chi connectivity index (χ0) is 16.4. The van der Waals surface area contributed by atoms with E-state index in [4.69, 9.17) is 0 Å². The van der Waals surface area contributed by atoms with Gasteiger partial charge >= 0.3 is 0 Å². The summed E-state index contributed by atoms with van der Waals surface area (Å²) in [6.45, 7) is 4.98. The van der Waals surface area contributed by atoms with Crippen molar-refractivity contribution in [2.45, 2.75) is 26.7 Å². The second kappa shape index (κ2) is 6.28. The minimum Gasteiger partial charge on any atom is -0.358 e. The van der Waals surface area contributed by atoms with E-state index in [1.54, 1.807) is 23.0 Å². The van der Waals surface area contributed by atoms with Crippen LogP contribution in [0.4, 0.5) is 0 Å². The number of nitrogens with one attached hydrogen (secondary N) is 1. The van der Waals surface area contributed by atoms with E-state index in [-0.39, 0.29) is 11.8 Å². The van der Waals surface area contributed by atoms with Crippen molar-refractivity contribution < 1.29 is 9.59 Å². The molecule has 0 saturated carbocycles. The maximum atomic E-state index is 12.7. The van der Waals surface area contributed by atoms with Crippen LogP contribution in [-0.4, -0.2) is 39.9 Å². The zero-order valence-corrected chi connectivity index (χ0v) is 13.5. The van der Waals surface area contributed by atoms with E-state index in [0.29, 0.717) is 19.5 Å². The molecule has 1 N–H and O–H groups in total. The number of aryl methyl sites for hydroxylation is 1. The molecule has 1 aliphatic heterocycles. The van der Waals surface area contributed by atoms with E-state index in [9.17, 15) is 9.59 Å². The van der Waals surface area contributed by atoms with E-state index < -0.39 is 0 Å². The molecule has 0 bridgehead atoms. The van der Waals surface area contributed by atoms with Crippen molar-refractivity contribution >= 4 is 22.7 Å². The molecule has 0 radical (unpaired) electrons. The third-order valence-electron chi connectivity index (χ3n) is 4.24. The molecule has 1 saturated heterocycles. The van der Waals surface area contributed by atoms with Crippen molar-refractivity contribution in [3.63, 3.8) is 0 Å². The van der Waals surface area contributed by atoms with Crippen LogP contribution in [0.15, 0.2) is 36.4 Å². The van der Waals surface area contributed by atoms with Crippen molar-refractivity contribution in [3.8, 4) is 0 Å². The van der Waals surface area contributed by atoms with Gasteiger partial charge in [0, 0.05) is 35.8 Å². The number of amides is 2. The third kappa shape index (κ3) is 2.86. The van der Waals surface area contributed by atoms with E-state index >= 15 is 0 Å². The molecule has 1 fully saturated rings. The van der Waals surface area contributed by atoms with Gasteiger partial charge in [0.2, 0.25) is 5.91 Å². The monoisotopic (exact) mass is 311 g/mol. The number of H-pyrrole nitrogens is 1. The number of carbonyl (C=O) groups is 2. The Bertz CT molecular complexity index is 776. The fourth-order valence-electron chi connectivity index (χ4n) is 3.13. The second-order valence-corrected chi connectivity index (χ2v) is 5.78. The average Bonchev–Trinajstić information content (AvgIpc) is 3.13. The quantitative estimate of drug-likeness (QED) is 0.886. The van der Waals surface area contributed by atoms with E-state index in [1.807, 2.05) is 31.2 Å². The van der Waals surface area contributed by atoms with Crippen molar-refractivity contribution in [1.82, 2.24) is 15.0 Å². The Kier molecular flexibility index (Phi) is 4.19. The smallest absolute Gasteiger partial charge is 0.264 e. The number of hydrogen-bond donors (Lipinski definition) is 1. The molecular formula is C18H21N3O2. The first-order valence-electron chi connectivity index (χ1n) is 7.92. The van der Waals surface area contributed by atoms with E-state index in [2.05, 4.69) is 4.98 Å². The van der Waals surface area contributed by atoms with Gasteiger partial charge in [-0.15, -0.1) is 0 Å². The van der Waals surface area contributed by atoms with Crippen LogP contribution >= 0.6 is 0 Å². The number of aromatic nitrogens is 1. The predicted molar refractivity (Wildman–Crippen MR) is 89.6 cm³/mol. The molecule has 0 unspecified atom stereocenters. The van der Waals surface area contributed by atoms with Crippen LogP contribution in [0.1, 0.15) is 24.6 Å². The van der Waals surface area contributed by atoms with Crippen molar-refractivity contribution in [2.75, 3.05) is 13.1 Å². The lowest BCUT2D eigenvalue weighted by Gasteiger charge is -2.27. The van der Waals surface area contributed by atoms with Crippen LogP contribution in [0.25, 0.3) is 10.9 Å². The molecule has 23 heavy (non-hydrogen) atoms. The zero-order valence-electron chi connectivity index (χ0n) is 13.5. The highest BCUT2D eigenvalue weighted by atomic mass is 16.2. The summed E-state index contributed by atoms with van der Waals surface area (Å²) < 4.78 is 0. The molecule has 5 nitrogen and oxygen atoms in total. The van der Waals surface area contributed by atoms with Crippen molar-refractivity contribution in [1.29, 1.82) is 0 Å². The molecule has 1 aliphatic rings. The predicted octanol–water partition coefficient (Wildman–Crippen LogP) is 2.57. The maximum absolute atomic E-state index is 12.7. The minimum absolute atomic E-state index is 0.0341. The van der Waals surface area contributed by atoms with Gasteiger partial charge in [-0.05, 0) is 31.9 Å². The summed E-state index contributed by atoms with van der Waals surface area (Å²) in [5, 5.41) is 4.21. The number of para-hydroxylation sites is 1. The first-order chi connectivity index (χ1) is 11.1. The number of hydrogen-bond acceptors (Lipinski definition) is 2. The Morgan fingerprint density at radius 1 is 1.22 bits per heavy atom. The molecule has 3 rings (SSSR count). The number of carbonyl (C=O) groups excluding carboxylic acids is 2. The Labute approximate surface area is 135 Å². The van der Waals surface area contributed by atoms with Gasteiger partial charge in [-0.25, -0.2) is 5.01 Å². The fraction of sp³-hybridized carbons (Fsp3) is 0.333. The van der Waals surface area contributed by atoms with Crippen LogP contribution in [0.5, 0.6) is 0 Å². The molecule has 2 amide bonds. The molecule has 5 heteroatoms. The summed E-state index contributed by atoms with van der Waals surface area (Å²) in [5.41, 5.74) is 3.05. The molecular weight excluding hydrogens is 290 g/mol. The first kappa shape index (κ1) is 15.3. The van der Waals surface area contributed by atoms with Gasteiger partial charge < -0.3 is 4.98 Å². The van der Waals surface area contributed by atoms with Crippen molar-refractivity contribution in [2.24, 2.45) is 0 Å². The van der Waals surface area contributed by atoms with Crippen LogP contribution in [0.2, 0.25) is 0 Å². The number of rotatable bonds is 3. The standard InChI is InChI=1S/C18H21N3O2/c1-3-7-17(22)20-10-6-11-21(20)18(23)12-15-13(2)19-16-9-5-4-8-14(15)16/h3-5,7-9,19H,6,10-12H2,1-2H3. The van der Waals surface area contributed by atoms with Gasteiger partial charge in [-0.3, -0.25) is 14.6 Å². The number of fused-ring (bicyclic) bond motifs is 1. The Morgan fingerprint density at radius 2 is 1.96 bits per heavy atom. The van der Waals surface area contributed by atoms with Gasteiger partial charge in [-0.2, -0.15) is 0 Å². The van der Waals surface area contributed by atoms with Gasteiger partial charge in [0.1, 0.15) is 0 Å². The topological polar surface area (TPSA) is 56.4 Å². The molecule has 1 aromatic heterocycles.